The lowest BCUT2D eigenvalue weighted by molar-refractivity contribution is -0.136. The minimum Gasteiger partial charge on any atom is -0.481 e. The first-order valence-corrected chi connectivity index (χ1v) is 5.31. The molecule has 1 rings (SSSR count). The van der Waals surface area contributed by atoms with Crippen molar-refractivity contribution >= 4 is 11.8 Å². The second kappa shape index (κ2) is 4.55. The summed E-state index contributed by atoms with van der Waals surface area (Å²) in [4.78, 5) is 10.5. The molecule has 0 bridgehead atoms. The van der Waals surface area contributed by atoms with E-state index in [-0.39, 0.29) is 11.8 Å². The molecule has 0 amide bonds. The summed E-state index contributed by atoms with van der Waals surface area (Å²) in [6, 6.07) is 0. The van der Waals surface area contributed by atoms with Crippen LogP contribution >= 0.6 is 0 Å². The van der Waals surface area contributed by atoms with Crippen LogP contribution in [0.15, 0.2) is 6.20 Å². The fraction of sp³-hybridized carbons (Fsp3) is 0.636. The second-order valence-electron chi connectivity index (χ2n) is 5.17. The van der Waals surface area contributed by atoms with Gasteiger partial charge in [0, 0.05) is 18.5 Å². The molecule has 1 aromatic rings. The molecule has 0 aliphatic rings. The summed E-state index contributed by atoms with van der Waals surface area (Å²) >= 11 is 0. The van der Waals surface area contributed by atoms with Crippen LogP contribution in [0.5, 0.6) is 0 Å². The minimum atomic E-state index is -0.817. The number of carboxylic acids is 1. The summed E-state index contributed by atoms with van der Waals surface area (Å²) < 4.78 is 1.73. The first-order valence-electron chi connectivity index (χ1n) is 5.31. The highest BCUT2D eigenvalue weighted by molar-refractivity contribution is 5.67. The Labute approximate surface area is 95.3 Å². The third-order valence-corrected chi connectivity index (χ3v) is 2.19. The molecule has 0 aromatic carbocycles. The third-order valence-electron chi connectivity index (χ3n) is 2.19. The highest BCUT2D eigenvalue weighted by Gasteiger charge is 2.15. The fourth-order valence-electron chi connectivity index (χ4n) is 1.44. The van der Waals surface area contributed by atoms with Crippen molar-refractivity contribution in [1.29, 1.82) is 0 Å². The number of rotatable bonds is 4. The highest BCUT2D eigenvalue weighted by Crippen LogP contribution is 2.20. The molecular weight excluding hydrogens is 206 g/mol. The largest absolute Gasteiger partial charge is 0.481 e. The van der Waals surface area contributed by atoms with Crippen molar-refractivity contribution in [2.45, 2.75) is 40.2 Å². The van der Waals surface area contributed by atoms with Crippen molar-refractivity contribution in [3.05, 3.63) is 11.8 Å². The number of carboxylic acid groups (broad SMARTS) is 1. The van der Waals surface area contributed by atoms with Crippen molar-refractivity contribution in [2.75, 3.05) is 5.73 Å². The van der Waals surface area contributed by atoms with Gasteiger partial charge in [-0.1, -0.05) is 20.8 Å². The Bertz CT molecular complexity index is 377. The maximum atomic E-state index is 10.5. The van der Waals surface area contributed by atoms with E-state index in [1.165, 1.54) is 0 Å². The normalized spacial score (nSPS) is 11.7. The summed E-state index contributed by atoms with van der Waals surface area (Å²) in [6.07, 6.45) is 2.18. The zero-order chi connectivity index (χ0) is 12.3. The lowest BCUT2D eigenvalue weighted by Crippen LogP contribution is -2.18. The van der Waals surface area contributed by atoms with Gasteiger partial charge in [-0.2, -0.15) is 5.10 Å². The molecule has 3 N–H and O–H groups in total. The number of nitrogens with zero attached hydrogens (tertiary/aromatic N) is 2. The maximum Gasteiger partial charge on any atom is 0.303 e. The number of carbonyl (C=O) groups is 1. The fourth-order valence-corrected chi connectivity index (χ4v) is 1.44. The third kappa shape index (κ3) is 3.56. The monoisotopic (exact) mass is 225 g/mol. The van der Waals surface area contributed by atoms with Crippen LogP contribution in [0, 0.1) is 5.41 Å². The van der Waals surface area contributed by atoms with Crippen molar-refractivity contribution in [1.82, 2.24) is 9.78 Å². The molecule has 0 saturated heterocycles. The zero-order valence-electron chi connectivity index (χ0n) is 10.0. The number of nitrogens with two attached hydrogens (primary N) is 1. The van der Waals surface area contributed by atoms with Crippen molar-refractivity contribution in [2.24, 2.45) is 5.41 Å². The average Bonchev–Trinajstić information content (AvgIpc) is 2.43. The van der Waals surface area contributed by atoms with E-state index >= 15 is 0 Å². The molecule has 1 heterocycles. The molecule has 1 aromatic heterocycles. The number of nitrogen functional groups attached to an aromatic ring is 1. The number of aliphatic carboxylic acids is 1. The van der Waals surface area contributed by atoms with E-state index in [2.05, 4.69) is 25.9 Å². The molecule has 0 aliphatic carbocycles. The van der Waals surface area contributed by atoms with E-state index in [0.717, 1.165) is 12.1 Å². The second-order valence-corrected chi connectivity index (χ2v) is 5.17. The van der Waals surface area contributed by atoms with E-state index in [9.17, 15) is 4.79 Å². The molecule has 5 nitrogen and oxygen atoms in total. The molecule has 0 saturated carbocycles. The van der Waals surface area contributed by atoms with Crippen LogP contribution in [-0.4, -0.2) is 20.9 Å². The van der Waals surface area contributed by atoms with Crippen LogP contribution in [0.4, 0.5) is 5.82 Å². The molecule has 0 aliphatic heterocycles. The van der Waals surface area contributed by atoms with Crippen LogP contribution in [0.25, 0.3) is 0 Å². The molecule has 0 atom stereocenters. The summed E-state index contributed by atoms with van der Waals surface area (Å²) in [5, 5.41) is 12.8. The molecule has 16 heavy (non-hydrogen) atoms. The topological polar surface area (TPSA) is 81.1 Å². The molecular formula is C11H19N3O2. The summed E-state index contributed by atoms with van der Waals surface area (Å²) in [5.41, 5.74) is 6.82. The Morgan fingerprint density at radius 3 is 2.69 bits per heavy atom. The summed E-state index contributed by atoms with van der Waals surface area (Å²) in [6.45, 7) is 7.03. The van der Waals surface area contributed by atoms with E-state index in [1.54, 1.807) is 10.9 Å². The Kier molecular flexibility index (Phi) is 3.57. The molecule has 0 unspecified atom stereocenters. The standard InChI is InChI=1S/C11H19N3O2/c1-11(2,3)7-14-10(12)8(6-13-14)4-5-9(15)16/h6H,4-5,7,12H2,1-3H3,(H,15,16). The van der Waals surface area contributed by atoms with Gasteiger partial charge in [-0.15, -0.1) is 0 Å². The van der Waals surface area contributed by atoms with Gasteiger partial charge in [0.05, 0.1) is 6.20 Å². The Morgan fingerprint density at radius 2 is 2.19 bits per heavy atom. The highest BCUT2D eigenvalue weighted by atomic mass is 16.4. The van der Waals surface area contributed by atoms with Gasteiger partial charge in [-0.3, -0.25) is 4.79 Å². The number of aromatic nitrogens is 2. The SMILES string of the molecule is CC(C)(C)Cn1ncc(CCC(=O)O)c1N. The number of hydrogen-bond acceptors (Lipinski definition) is 3. The quantitative estimate of drug-likeness (QED) is 0.814. The van der Waals surface area contributed by atoms with E-state index in [0.29, 0.717) is 12.2 Å². The average molecular weight is 225 g/mol. The number of anilines is 1. The van der Waals surface area contributed by atoms with Gasteiger partial charge in [0.1, 0.15) is 5.82 Å². The van der Waals surface area contributed by atoms with Gasteiger partial charge in [0.25, 0.3) is 0 Å². The van der Waals surface area contributed by atoms with Crippen molar-refractivity contribution < 1.29 is 9.90 Å². The smallest absolute Gasteiger partial charge is 0.303 e. The molecule has 90 valence electrons. The molecule has 0 spiro atoms. The van der Waals surface area contributed by atoms with Gasteiger partial charge < -0.3 is 10.8 Å². The van der Waals surface area contributed by atoms with E-state index < -0.39 is 5.97 Å². The van der Waals surface area contributed by atoms with Crippen LogP contribution in [0.3, 0.4) is 0 Å². The van der Waals surface area contributed by atoms with Gasteiger partial charge >= 0.3 is 5.97 Å². The number of hydrogen-bond donors (Lipinski definition) is 2. The zero-order valence-corrected chi connectivity index (χ0v) is 10.0. The number of aryl methyl sites for hydroxylation is 1. The minimum absolute atomic E-state index is 0.0887. The van der Waals surface area contributed by atoms with Crippen LogP contribution in [0.2, 0.25) is 0 Å². The van der Waals surface area contributed by atoms with Gasteiger partial charge in [0.15, 0.2) is 0 Å². The van der Waals surface area contributed by atoms with E-state index in [4.69, 9.17) is 10.8 Å². The predicted molar refractivity (Wildman–Crippen MR) is 62.1 cm³/mol. The maximum absolute atomic E-state index is 10.5. The first kappa shape index (κ1) is 12.5. The van der Waals surface area contributed by atoms with Crippen LogP contribution in [0.1, 0.15) is 32.8 Å². The van der Waals surface area contributed by atoms with Crippen molar-refractivity contribution in [3.8, 4) is 0 Å². The van der Waals surface area contributed by atoms with Gasteiger partial charge in [-0.25, -0.2) is 4.68 Å². The summed E-state index contributed by atoms with van der Waals surface area (Å²) in [7, 11) is 0. The van der Waals surface area contributed by atoms with Gasteiger partial charge in [0.2, 0.25) is 0 Å². The molecule has 5 heteroatoms. The van der Waals surface area contributed by atoms with Crippen LogP contribution < -0.4 is 5.73 Å². The van der Waals surface area contributed by atoms with Gasteiger partial charge in [-0.05, 0) is 11.8 Å². The lowest BCUT2D eigenvalue weighted by atomic mass is 9.97. The van der Waals surface area contributed by atoms with Crippen molar-refractivity contribution in [3.63, 3.8) is 0 Å². The van der Waals surface area contributed by atoms with E-state index in [1.807, 2.05) is 0 Å². The Morgan fingerprint density at radius 1 is 1.56 bits per heavy atom. The Balaban J connectivity index is 2.72. The molecule has 0 radical (unpaired) electrons. The lowest BCUT2D eigenvalue weighted by Gasteiger charge is -2.18. The first-order chi connectivity index (χ1) is 7.29. The predicted octanol–water partition coefficient (Wildman–Crippen LogP) is 1.53. The summed E-state index contributed by atoms with van der Waals surface area (Å²) in [5.74, 6) is -0.237. The Hall–Kier alpha value is -1.52. The molecule has 0 fully saturated rings. The van der Waals surface area contributed by atoms with Crippen LogP contribution in [-0.2, 0) is 17.8 Å².